The number of nitrogens with zero attached hydrogens (tertiary/aromatic N) is 5. The largest absolute Gasteiger partial charge is 0.383 e. The van der Waals surface area contributed by atoms with Gasteiger partial charge in [-0.05, 0) is 24.6 Å². The molecule has 3 aromatic heterocycles. The lowest BCUT2D eigenvalue weighted by molar-refractivity contribution is -0.119. The van der Waals surface area contributed by atoms with E-state index in [4.69, 9.17) is 5.73 Å². The molecule has 176 valence electrons. The highest BCUT2D eigenvalue weighted by Crippen LogP contribution is 2.29. The van der Waals surface area contributed by atoms with Gasteiger partial charge in [0.25, 0.3) is 0 Å². The first kappa shape index (κ1) is 24.6. The Morgan fingerprint density at radius 1 is 1.18 bits per heavy atom. The van der Waals surface area contributed by atoms with E-state index in [1.54, 1.807) is 4.90 Å². The molecule has 1 aromatic carbocycles. The Kier molecular flexibility index (Phi) is 8.52. The molecule has 0 spiro atoms. The van der Waals surface area contributed by atoms with Gasteiger partial charge in [-0.2, -0.15) is 9.19 Å². The lowest BCUT2D eigenvalue weighted by Gasteiger charge is -2.17. The number of nitrogens with one attached hydrogen (secondary N) is 1. The van der Waals surface area contributed by atoms with E-state index < -0.39 is 0 Å². The van der Waals surface area contributed by atoms with E-state index in [0.717, 1.165) is 27.4 Å². The molecule has 3 N–H and O–H groups in total. The zero-order valence-corrected chi connectivity index (χ0v) is 19.5. The molecule has 0 aliphatic carbocycles. The SMILES string of the molecule is CC(=O)Nc1cnc(N)c2cnn(SF)c12.Cc1cccc(CN(C=O)Cc2ccccc2)n1. The van der Waals surface area contributed by atoms with Crippen molar-refractivity contribution in [1.82, 2.24) is 24.1 Å². The van der Waals surface area contributed by atoms with Crippen LogP contribution in [0.5, 0.6) is 0 Å². The van der Waals surface area contributed by atoms with Crippen LogP contribution in [0.25, 0.3) is 10.9 Å². The molecule has 0 fully saturated rings. The van der Waals surface area contributed by atoms with Crippen molar-refractivity contribution in [3.63, 3.8) is 0 Å². The van der Waals surface area contributed by atoms with Crippen LogP contribution in [-0.2, 0) is 22.7 Å². The second-order valence-corrected chi connectivity index (χ2v) is 7.84. The van der Waals surface area contributed by atoms with Crippen LogP contribution in [0.3, 0.4) is 0 Å². The summed E-state index contributed by atoms with van der Waals surface area (Å²) in [6.07, 6.45) is 3.64. The van der Waals surface area contributed by atoms with Crippen LogP contribution in [0, 0.1) is 6.92 Å². The second kappa shape index (κ2) is 11.8. The molecule has 4 aromatic rings. The Hall–Kier alpha value is -3.99. The van der Waals surface area contributed by atoms with Crippen molar-refractivity contribution in [2.75, 3.05) is 11.1 Å². The molecule has 11 heteroatoms. The molecule has 4 rings (SSSR count). The number of nitrogen functional groups attached to an aromatic ring is 1. The smallest absolute Gasteiger partial charge is 0.221 e. The predicted octanol–water partition coefficient (Wildman–Crippen LogP) is 3.90. The molecule has 3 heterocycles. The highest BCUT2D eigenvalue weighted by molar-refractivity contribution is 7.92. The van der Waals surface area contributed by atoms with E-state index in [2.05, 4.69) is 20.4 Å². The molecule has 34 heavy (non-hydrogen) atoms. The number of anilines is 2. The molecule has 0 atom stereocenters. The summed E-state index contributed by atoms with van der Waals surface area (Å²) in [5.74, 6) is -0.0334. The number of fused-ring (bicyclic) bond motifs is 1. The highest BCUT2D eigenvalue weighted by Gasteiger charge is 2.13. The maximum absolute atomic E-state index is 12.6. The monoisotopic (exact) mass is 481 g/mol. The van der Waals surface area contributed by atoms with Gasteiger partial charge in [-0.15, -0.1) is 3.89 Å². The Bertz CT molecular complexity index is 1270. The van der Waals surface area contributed by atoms with Crippen LogP contribution in [-0.4, -0.2) is 36.4 Å². The van der Waals surface area contributed by atoms with E-state index >= 15 is 0 Å². The number of hydrogen-bond acceptors (Lipinski definition) is 7. The third-order valence-corrected chi connectivity index (χ3v) is 5.07. The Labute approximate surface area is 200 Å². The second-order valence-electron chi connectivity index (χ2n) is 7.35. The van der Waals surface area contributed by atoms with E-state index in [0.29, 0.717) is 29.7 Å². The number of benzene rings is 1. The van der Waals surface area contributed by atoms with Crippen molar-refractivity contribution in [3.8, 4) is 0 Å². The first-order valence-electron chi connectivity index (χ1n) is 10.3. The zero-order chi connectivity index (χ0) is 24.5. The lowest BCUT2D eigenvalue weighted by Crippen LogP contribution is -2.21. The normalized spacial score (nSPS) is 10.3. The molecular formula is C23H24FN7O2S. The minimum absolute atomic E-state index is 0.0742. The average Bonchev–Trinajstić information content (AvgIpc) is 3.27. The highest BCUT2D eigenvalue weighted by atomic mass is 32.2. The van der Waals surface area contributed by atoms with Crippen LogP contribution in [0.2, 0.25) is 0 Å². The molecule has 0 bridgehead atoms. The van der Waals surface area contributed by atoms with Crippen molar-refractivity contribution < 1.29 is 13.5 Å². The zero-order valence-electron chi connectivity index (χ0n) is 18.7. The van der Waals surface area contributed by atoms with E-state index in [9.17, 15) is 13.5 Å². The first-order valence-corrected chi connectivity index (χ1v) is 10.9. The fourth-order valence-corrected chi connectivity index (χ4v) is 3.56. The summed E-state index contributed by atoms with van der Waals surface area (Å²) >= 11 is -0.0742. The Morgan fingerprint density at radius 3 is 2.59 bits per heavy atom. The summed E-state index contributed by atoms with van der Waals surface area (Å²) in [5, 5.41) is 6.81. The number of hydrogen-bond donors (Lipinski definition) is 2. The van der Waals surface area contributed by atoms with Crippen LogP contribution in [0.1, 0.15) is 23.9 Å². The molecular weight excluding hydrogens is 457 g/mol. The minimum Gasteiger partial charge on any atom is -0.383 e. The van der Waals surface area contributed by atoms with Gasteiger partial charge in [0.05, 0.1) is 35.7 Å². The topological polar surface area (TPSA) is 119 Å². The molecule has 0 radical (unpaired) electrons. The molecule has 0 unspecified atom stereocenters. The third kappa shape index (κ3) is 6.51. The van der Waals surface area contributed by atoms with Crippen LogP contribution in [0.4, 0.5) is 15.4 Å². The van der Waals surface area contributed by atoms with Gasteiger partial charge in [0, 0.05) is 19.2 Å². The van der Waals surface area contributed by atoms with Crippen LogP contribution >= 0.6 is 12.3 Å². The van der Waals surface area contributed by atoms with Gasteiger partial charge in [0.1, 0.15) is 11.3 Å². The van der Waals surface area contributed by atoms with Gasteiger partial charge in [-0.3, -0.25) is 14.6 Å². The van der Waals surface area contributed by atoms with Gasteiger partial charge in [-0.25, -0.2) is 4.98 Å². The quantitative estimate of drug-likeness (QED) is 0.384. The van der Waals surface area contributed by atoms with Crippen molar-refractivity contribution in [2.45, 2.75) is 26.9 Å². The van der Waals surface area contributed by atoms with Gasteiger partial charge in [0.15, 0.2) is 12.3 Å². The van der Waals surface area contributed by atoms with E-state index in [1.807, 2.05) is 55.5 Å². The number of halogens is 1. The number of carbonyl (C=O) groups is 2. The first-order chi connectivity index (χ1) is 16.4. The van der Waals surface area contributed by atoms with Gasteiger partial charge in [-0.1, -0.05) is 36.4 Å². The van der Waals surface area contributed by atoms with Gasteiger partial charge >= 0.3 is 0 Å². The summed E-state index contributed by atoms with van der Waals surface area (Å²) in [6, 6.07) is 15.8. The Morgan fingerprint density at radius 2 is 1.94 bits per heavy atom. The summed E-state index contributed by atoms with van der Waals surface area (Å²) < 4.78 is 13.6. The number of nitrogens with two attached hydrogens (primary N) is 1. The number of pyridine rings is 2. The summed E-state index contributed by atoms with van der Waals surface area (Å²) in [6.45, 7) is 4.46. The van der Waals surface area contributed by atoms with Crippen LogP contribution in [0.15, 0.2) is 60.9 Å². The summed E-state index contributed by atoms with van der Waals surface area (Å²) in [5.41, 5.74) is 9.40. The fraction of sp³-hybridized carbons (Fsp3) is 0.174. The van der Waals surface area contributed by atoms with Crippen molar-refractivity contribution in [2.24, 2.45) is 0 Å². The van der Waals surface area contributed by atoms with Gasteiger partial charge < -0.3 is 16.0 Å². The van der Waals surface area contributed by atoms with Crippen molar-refractivity contribution in [3.05, 3.63) is 77.9 Å². The molecule has 9 nitrogen and oxygen atoms in total. The number of amides is 2. The average molecular weight is 482 g/mol. The Balaban J connectivity index is 0.000000192. The molecule has 0 aliphatic heterocycles. The number of rotatable bonds is 7. The van der Waals surface area contributed by atoms with Crippen molar-refractivity contribution in [1.29, 1.82) is 0 Å². The minimum atomic E-state index is -0.274. The molecule has 0 saturated heterocycles. The number of aromatic nitrogens is 4. The number of aryl methyl sites for hydroxylation is 1. The number of carbonyl (C=O) groups excluding carboxylic acids is 2. The molecule has 0 aliphatic rings. The molecule has 2 amide bonds. The van der Waals surface area contributed by atoms with E-state index in [-0.39, 0.29) is 24.1 Å². The van der Waals surface area contributed by atoms with Crippen LogP contribution < -0.4 is 11.1 Å². The maximum atomic E-state index is 12.6. The predicted molar refractivity (Wildman–Crippen MR) is 131 cm³/mol. The summed E-state index contributed by atoms with van der Waals surface area (Å²) in [7, 11) is 0. The lowest BCUT2D eigenvalue weighted by atomic mass is 10.2. The molecule has 0 saturated carbocycles. The van der Waals surface area contributed by atoms with Crippen molar-refractivity contribution >= 4 is 47.1 Å². The maximum Gasteiger partial charge on any atom is 0.221 e. The fourth-order valence-electron chi connectivity index (χ4n) is 3.21. The van der Waals surface area contributed by atoms with Gasteiger partial charge in [0.2, 0.25) is 12.3 Å². The van der Waals surface area contributed by atoms with E-state index in [1.165, 1.54) is 19.3 Å². The third-order valence-electron chi connectivity index (χ3n) is 4.67. The summed E-state index contributed by atoms with van der Waals surface area (Å²) in [4.78, 5) is 32.1. The standard InChI is InChI=1S/C15H16N2O.C8H8FN5OS/c1-13-6-5-9-15(16-13)11-17(12-18)10-14-7-3-2-4-8-14;1-4(15)13-6-3-11-8(10)5-2-12-14(16-9)7(5)6/h2-9,12H,10-11H2,1H3;2-3H,1H3,(H2,10,11)(H,13,15).